The molecule has 0 saturated carbocycles. The van der Waals surface area contributed by atoms with Crippen LogP contribution in [0.25, 0.3) is 21.8 Å². The summed E-state index contributed by atoms with van der Waals surface area (Å²) < 4.78 is 14.3. The highest BCUT2D eigenvalue weighted by atomic mass is 127. The summed E-state index contributed by atoms with van der Waals surface area (Å²) >= 11 is 14.1. The monoisotopic (exact) mass is 628 g/mol. The predicted octanol–water partition coefficient (Wildman–Crippen LogP) is 8.63. The highest BCUT2D eigenvalue weighted by Gasteiger charge is 2.08. The van der Waals surface area contributed by atoms with Gasteiger partial charge >= 0.3 is 0 Å². The first-order valence-corrected chi connectivity index (χ1v) is 12.7. The van der Waals surface area contributed by atoms with Crippen molar-refractivity contribution in [1.29, 1.82) is 0 Å². The number of nitrogens with one attached hydrogen (secondary N) is 1. The Morgan fingerprint density at radius 2 is 1.39 bits per heavy atom. The number of ether oxygens (including phenoxy) is 2. The molecule has 9 heteroatoms. The lowest BCUT2D eigenvalue weighted by molar-refractivity contribution is 0.483. The largest absolute Gasteiger partial charge is 0.457 e. The molecule has 0 aliphatic carbocycles. The summed E-state index contributed by atoms with van der Waals surface area (Å²) in [4.78, 5) is 0. The molecule has 0 aliphatic heterocycles. The molecule has 0 aliphatic rings. The third-order valence-electron chi connectivity index (χ3n) is 5.25. The summed E-state index contributed by atoms with van der Waals surface area (Å²) in [6.07, 6.45) is 1.76. The van der Waals surface area contributed by atoms with Crippen LogP contribution in [0.1, 0.15) is 0 Å². The van der Waals surface area contributed by atoms with E-state index in [9.17, 15) is 0 Å². The minimum Gasteiger partial charge on any atom is -0.457 e. The van der Waals surface area contributed by atoms with Crippen molar-refractivity contribution in [2.45, 2.75) is 0 Å². The average molecular weight is 629 g/mol. The number of rotatable bonds is 4. The van der Waals surface area contributed by atoms with Crippen molar-refractivity contribution in [3.63, 3.8) is 0 Å². The Labute approximate surface area is 230 Å². The van der Waals surface area contributed by atoms with Crippen LogP contribution < -0.4 is 9.47 Å². The minimum absolute atomic E-state index is 0.659. The zero-order chi connectivity index (χ0) is 25.1. The minimum atomic E-state index is 0.659. The maximum atomic E-state index is 5.94. The Kier molecular flexibility index (Phi) is 7.31. The number of aryl methyl sites for hydroxylation is 1. The molecule has 6 nitrogen and oxygen atoms in total. The molecular formula is C27H19Cl2IN4O2. The molecule has 2 aromatic heterocycles. The van der Waals surface area contributed by atoms with Crippen molar-refractivity contribution in [2.24, 2.45) is 7.05 Å². The second-order valence-electron chi connectivity index (χ2n) is 7.83. The first-order chi connectivity index (χ1) is 17.4. The third-order valence-corrected chi connectivity index (χ3v) is 6.52. The molecule has 0 radical (unpaired) electrons. The lowest BCUT2D eigenvalue weighted by Gasteiger charge is -2.06. The Balaban J connectivity index is 0.000000149. The van der Waals surface area contributed by atoms with Gasteiger partial charge in [0.2, 0.25) is 0 Å². The number of H-pyrrole nitrogens is 1. The van der Waals surface area contributed by atoms with Crippen molar-refractivity contribution in [3.05, 3.63) is 105 Å². The Morgan fingerprint density at radius 1 is 0.778 bits per heavy atom. The highest BCUT2D eigenvalue weighted by Crippen LogP contribution is 2.29. The molecule has 6 aromatic rings. The van der Waals surface area contributed by atoms with Gasteiger partial charge in [0.1, 0.15) is 26.7 Å². The summed E-state index contributed by atoms with van der Waals surface area (Å²) in [5.41, 5.74) is 2.08. The first-order valence-electron chi connectivity index (χ1n) is 10.9. The number of hydrogen-bond acceptors (Lipinski definition) is 4. The van der Waals surface area contributed by atoms with Crippen LogP contribution in [0.4, 0.5) is 0 Å². The predicted molar refractivity (Wildman–Crippen MR) is 153 cm³/mol. The fourth-order valence-electron chi connectivity index (χ4n) is 3.58. The number of benzene rings is 4. The molecule has 6 rings (SSSR count). The molecular weight excluding hydrogens is 610 g/mol. The van der Waals surface area contributed by atoms with Gasteiger partial charge in [-0.25, -0.2) is 0 Å². The maximum absolute atomic E-state index is 5.94. The Hall–Kier alpha value is -3.27. The van der Waals surface area contributed by atoms with Crippen LogP contribution in [-0.4, -0.2) is 20.0 Å². The molecule has 0 saturated heterocycles. The quantitative estimate of drug-likeness (QED) is 0.199. The van der Waals surface area contributed by atoms with Crippen molar-refractivity contribution in [3.8, 4) is 23.0 Å². The van der Waals surface area contributed by atoms with E-state index < -0.39 is 0 Å². The van der Waals surface area contributed by atoms with E-state index in [0.717, 1.165) is 48.5 Å². The molecule has 0 spiro atoms. The summed E-state index contributed by atoms with van der Waals surface area (Å²) in [5, 5.41) is 14.7. The number of halogens is 3. The number of hydrogen-bond donors (Lipinski definition) is 1. The van der Waals surface area contributed by atoms with Crippen LogP contribution in [0, 0.1) is 3.70 Å². The van der Waals surface area contributed by atoms with Crippen molar-refractivity contribution in [2.75, 3.05) is 0 Å². The van der Waals surface area contributed by atoms with E-state index in [4.69, 9.17) is 32.7 Å². The fraction of sp³-hybridized carbons (Fsp3) is 0.0370. The number of aromatic amines is 1. The number of fused-ring (bicyclic) bond motifs is 2. The second kappa shape index (κ2) is 10.8. The van der Waals surface area contributed by atoms with Crippen molar-refractivity contribution < 1.29 is 9.47 Å². The Bertz CT molecular complexity index is 1660. The van der Waals surface area contributed by atoms with Gasteiger partial charge in [-0.3, -0.25) is 9.78 Å². The van der Waals surface area contributed by atoms with E-state index >= 15 is 0 Å². The molecule has 0 bridgehead atoms. The van der Waals surface area contributed by atoms with Gasteiger partial charge in [-0.15, -0.1) is 0 Å². The van der Waals surface area contributed by atoms with Gasteiger partial charge in [0.15, 0.2) is 0 Å². The standard InChI is InChI=1S/C14H10ClIN2O.C13H9ClN2O/c1-18-13-6-5-11(8-12(13)14(16)17-18)19-10-4-2-3-9(15)7-10;14-10-2-1-3-11(7-10)17-12-4-5-13-9(6-12)8-15-16-13/h2-8H,1H3;1-8H,(H,15,16). The Morgan fingerprint density at radius 3 is 2.06 bits per heavy atom. The molecule has 4 aromatic carbocycles. The van der Waals surface area contributed by atoms with E-state index in [-0.39, 0.29) is 0 Å². The smallest absolute Gasteiger partial charge is 0.131 e. The van der Waals surface area contributed by atoms with Crippen LogP contribution in [0.3, 0.4) is 0 Å². The molecule has 36 heavy (non-hydrogen) atoms. The summed E-state index contributed by atoms with van der Waals surface area (Å²) in [5.74, 6) is 2.99. The highest BCUT2D eigenvalue weighted by molar-refractivity contribution is 14.1. The van der Waals surface area contributed by atoms with Gasteiger partial charge in [-0.05, 0) is 95.4 Å². The van der Waals surface area contributed by atoms with Gasteiger partial charge in [-0.1, -0.05) is 35.3 Å². The van der Waals surface area contributed by atoms with Gasteiger partial charge in [0, 0.05) is 27.9 Å². The summed E-state index contributed by atoms with van der Waals surface area (Å²) in [7, 11) is 1.93. The van der Waals surface area contributed by atoms with E-state index in [1.54, 1.807) is 18.3 Å². The normalized spacial score (nSPS) is 10.8. The molecule has 0 amide bonds. The molecule has 180 valence electrons. The van der Waals surface area contributed by atoms with Crippen LogP contribution in [-0.2, 0) is 7.05 Å². The molecule has 0 unspecified atom stereocenters. The number of nitrogens with zero attached hydrogens (tertiary/aromatic N) is 3. The van der Waals surface area contributed by atoms with Crippen LogP contribution in [0.2, 0.25) is 10.0 Å². The van der Waals surface area contributed by atoms with Gasteiger partial charge in [0.05, 0.1) is 17.2 Å². The number of aromatic nitrogens is 4. The van der Waals surface area contributed by atoms with E-state index in [1.807, 2.05) is 84.5 Å². The molecule has 1 N–H and O–H groups in total. The maximum Gasteiger partial charge on any atom is 0.131 e. The van der Waals surface area contributed by atoms with Gasteiger partial charge < -0.3 is 9.47 Å². The van der Waals surface area contributed by atoms with Crippen LogP contribution >= 0.6 is 45.8 Å². The fourth-order valence-corrected chi connectivity index (χ4v) is 4.70. The SMILES string of the molecule is Clc1cccc(Oc2ccc3[nH]ncc3c2)c1.Cn1nc(I)c2cc(Oc3cccc(Cl)c3)ccc21. The van der Waals surface area contributed by atoms with E-state index in [1.165, 1.54) is 0 Å². The molecule has 2 heterocycles. The molecule has 0 fully saturated rings. The van der Waals surface area contributed by atoms with E-state index in [2.05, 4.69) is 37.9 Å². The lowest BCUT2D eigenvalue weighted by Crippen LogP contribution is -1.89. The third kappa shape index (κ3) is 5.75. The zero-order valence-corrected chi connectivity index (χ0v) is 22.6. The van der Waals surface area contributed by atoms with Crippen LogP contribution in [0.5, 0.6) is 23.0 Å². The topological polar surface area (TPSA) is 65.0 Å². The summed E-state index contributed by atoms with van der Waals surface area (Å²) in [6, 6.07) is 26.4. The van der Waals surface area contributed by atoms with Gasteiger partial charge in [-0.2, -0.15) is 10.2 Å². The zero-order valence-electron chi connectivity index (χ0n) is 19.0. The average Bonchev–Trinajstić information content (AvgIpc) is 3.43. The van der Waals surface area contributed by atoms with Crippen LogP contribution in [0.15, 0.2) is 91.1 Å². The second-order valence-corrected chi connectivity index (χ2v) is 9.73. The first kappa shape index (κ1) is 24.4. The van der Waals surface area contributed by atoms with Crippen molar-refractivity contribution in [1.82, 2.24) is 20.0 Å². The lowest BCUT2D eigenvalue weighted by atomic mass is 10.2. The van der Waals surface area contributed by atoms with Gasteiger partial charge in [0.25, 0.3) is 0 Å². The molecule has 0 atom stereocenters. The van der Waals surface area contributed by atoms with Crippen molar-refractivity contribution >= 4 is 67.6 Å². The summed E-state index contributed by atoms with van der Waals surface area (Å²) in [6.45, 7) is 0. The van der Waals surface area contributed by atoms with E-state index in [0.29, 0.717) is 10.0 Å².